The minimum absolute atomic E-state index is 0.105. The first-order valence-electron chi connectivity index (χ1n) is 12.7. The number of fused-ring (bicyclic) bond motifs is 1. The lowest BCUT2D eigenvalue weighted by atomic mass is 9.73. The molecule has 1 aromatic carbocycles. The van der Waals surface area contributed by atoms with Gasteiger partial charge in [-0.3, -0.25) is 9.59 Å². The van der Waals surface area contributed by atoms with Crippen LogP contribution in [0.3, 0.4) is 0 Å². The number of ketones is 1. The van der Waals surface area contributed by atoms with Crippen LogP contribution in [0.4, 0.5) is 0 Å². The number of phenols is 1. The Morgan fingerprint density at radius 1 is 1.22 bits per heavy atom. The van der Waals surface area contributed by atoms with Crippen molar-refractivity contribution in [3.8, 4) is 11.5 Å². The molecule has 2 fully saturated rings. The Balaban J connectivity index is 1.38. The Bertz CT molecular complexity index is 1230. The molecule has 9 heteroatoms. The molecule has 2 atom stereocenters. The van der Waals surface area contributed by atoms with Crippen molar-refractivity contribution in [2.75, 3.05) is 7.11 Å². The number of aryl methyl sites for hydroxylation is 2. The van der Waals surface area contributed by atoms with Gasteiger partial charge in [0.05, 0.1) is 7.11 Å². The van der Waals surface area contributed by atoms with Crippen LogP contribution in [0.5, 0.6) is 11.5 Å². The zero-order valence-corrected chi connectivity index (χ0v) is 20.8. The Morgan fingerprint density at radius 2 is 2.03 bits per heavy atom. The second-order valence-corrected chi connectivity index (χ2v) is 9.91. The van der Waals surface area contributed by atoms with Crippen molar-refractivity contribution >= 4 is 17.5 Å². The summed E-state index contributed by atoms with van der Waals surface area (Å²) in [5.74, 6) is 0.279. The van der Waals surface area contributed by atoms with Crippen LogP contribution in [0.1, 0.15) is 62.4 Å². The van der Waals surface area contributed by atoms with Crippen LogP contribution in [0.25, 0.3) is 5.78 Å². The van der Waals surface area contributed by atoms with Gasteiger partial charge in [0.2, 0.25) is 0 Å². The number of aromatic hydroxyl groups is 1. The number of aromatic nitrogens is 4. The molecule has 1 saturated carbocycles. The van der Waals surface area contributed by atoms with Crippen molar-refractivity contribution < 1.29 is 24.2 Å². The maximum atomic E-state index is 13.4. The van der Waals surface area contributed by atoms with Crippen LogP contribution in [-0.4, -0.2) is 49.2 Å². The molecule has 3 aromatic rings. The fourth-order valence-electron chi connectivity index (χ4n) is 5.80. The zero-order valence-electron chi connectivity index (χ0n) is 20.8. The van der Waals surface area contributed by atoms with Gasteiger partial charge >= 0.3 is 5.97 Å². The van der Waals surface area contributed by atoms with Gasteiger partial charge in [-0.25, -0.2) is 9.50 Å². The molecule has 2 unspecified atom stereocenters. The van der Waals surface area contributed by atoms with Gasteiger partial charge in [0.25, 0.3) is 5.78 Å². The van der Waals surface area contributed by atoms with Crippen molar-refractivity contribution in [3.05, 3.63) is 47.5 Å². The first-order valence-corrected chi connectivity index (χ1v) is 12.7. The lowest BCUT2D eigenvalue weighted by molar-refractivity contribution is -0.185. The van der Waals surface area contributed by atoms with Gasteiger partial charge in [-0.1, -0.05) is 19.8 Å². The highest BCUT2D eigenvalue weighted by atomic mass is 16.6. The average molecular weight is 493 g/mol. The third-order valence-electron chi connectivity index (χ3n) is 7.78. The van der Waals surface area contributed by atoms with Gasteiger partial charge in [-0.05, 0) is 61.3 Å². The van der Waals surface area contributed by atoms with Crippen molar-refractivity contribution in [3.63, 3.8) is 0 Å². The SMILES string of the molecule is CCc1cc(CCC2(C3CCCC3)CC(=O)C(Cc3nc4ncccn4n3)C(=O)O2)c(OC)cc1O. The Labute approximate surface area is 209 Å². The number of esters is 1. The van der Waals surface area contributed by atoms with Gasteiger partial charge in [-0.2, -0.15) is 4.98 Å². The number of cyclic esters (lactones) is 1. The van der Waals surface area contributed by atoms with E-state index in [4.69, 9.17) is 9.47 Å². The van der Waals surface area contributed by atoms with E-state index in [2.05, 4.69) is 15.1 Å². The number of carbonyl (C=O) groups excluding carboxylic acids is 2. The van der Waals surface area contributed by atoms with E-state index in [0.29, 0.717) is 36.6 Å². The van der Waals surface area contributed by atoms with Gasteiger partial charge in [0.1, 0.15) is 23.0 Å². The second kappa shape index (κ2) is 9.87. The first kappa shape index (κ1) is 24.2. The van der Waals surface area contributed by atoms with Gasteiger partial charge in [-0.15, -0.1) is 5.10 Å². The smallest absolute Gasteiger partial charge is 0.317 e. The second-order valence-electron chi connectivity index (χ2n) is 9.91. The lowest BCUT2D eigenvalue weighted by Crippen LogP contribution is -2.52. The number of methoxy groups -OCH3 is 1. The summed E-state index contributed by atoms with van der Waals surface area (Å²) in [4.78, 5) is 35.2. The van der Waals surface area contributed by atoms with E-state index in [0.717, 1.165) is 36.8 Å². The molecule has 1 aliphatic heterocycles. The fourth-order valence-corrected chi connectivity index (χ4v) is 5.80. The molecule has 190 valence electrons. The molecule has 3 heterocycles. The number of ether oxygens (including phenoxy) is 2. The Morgan fingerprint density at radius 3 is 2.72 bits per heavy atom. The summed E-state index contributed by atoms with van der Waals surface area (Å²) < 4.78 is 13.3. The van der Waals surface area contributed by atoms with Crippen LogP contribution in [-0.2, 0) is 33.6 Å². The molecule has 5 rings (SSSR count). The summed E-state index contributed by atoms with van der Waals surface area (Å²) in [5, 5.41) is 14.6. The van der Waals surface area contributed by atoms with Crippen molar-refractivity contribution in [2.45, 2.75) is 70.3 Å². The van der Waals surface area contributed by atoms with Crippen molar-refractivity contribution in [2.24, 2.45) is 11.8 Å². The van der Waals surface area contributed by atoms with E-state index >= 15 is 0 Å². The van der Waals surface area contributed by atoms with Crippen LogP contribution in [0.15, 0.2) is 30.6 Å². The normalized spacial score (nSPS) is 22.8. The maximum absolute atomic E-state index is 13.4. The summed E-state index contributed by atoms with van der Waals surface area (Å²) in [7, 11) is 1.58. The first-order chi connectivity index (χ1) is 17.4. The topological polar surface area (TPSA) is 116 Å². The highest BCUT2D eigenvalue weighted by Crippen LogP contribution is 2.45. The molecule has 0 amide bonds. The molecule has 0 bridgehead atoms. The third kappa shape index (κ3) is 4.54. The largest absolute Gasteiger partial charge is 0.508 e. The van der Waals surface area contributed by atoms with E-state index in [1.807, 2.05) is 13.0 Å². The number of nitrogens with zero attached hydrogens (tertiary/aromatic N) is 4. The molecule has 2 aliphatic rings. The third-order valence-corrected chi connectivity index (χ3v) is 7.78. The molecular weight excluding hydrogens is 460 g/mol. The predicted molar refractivity (Wildman–Crippen MR) is 131 cm³/mol. The molecule has 9 nitrogen and oxygen atoms in total. The van der Waals surface area contributed by atoms with E-state index in [9.17, 15) is 14.7 Å². The molecular formula is C27H32N4O5. The molecule has 2 aromatic heterocycles. The summed E-state index contributed by atoms with van der Waals surface area (Å²) in [6.07, 6.45) is 9.48. The quantitative estimate of drug-likeness (QED) is 0.374. The lowest BCUT2D eigenvalue weighted by Gasteiger charge is -2.43. The molecule has 0 spiro atoms. The van der Waals surface area contributed by atoms with Crippen LogP contribution in [0.2, 0.25) is 0 Å². The number of carbonyl (C=O) groups is 2. The summed E-state index contributed by atoms with van der Waals surface area (Å²) in [6, 6.07) is 5.34. The number of hydrogen-bond donors (Lipinski definition) is 1. The van der Waals surface area contributed by atoms with Gasteiger partial charge < -0.3 is 14.6 Å². The average Bonchev–Trinajstić information content (AvgIpc) is 3.55. The predicted octanol–water partition coefficient (Wildman–Crippen LogP) is 3.64. The highest BCUT2D eigenvalue weighted by Gasteiger charge is 2.51. The molecule has 1 aliphatic carbocycles. The molecule has 1 saturated heterocycles. The standard InChI is InChI=1S/C27H32N4O5/c1-3-17-13-18(23(35-2)15-21(17)32)9-10-27(19-7-4-5-8-19)16-22(33)20(25(34)36-27)14-24-29-26-28-11-6-12-31(26)30-24/h6,11-13,15,19-20,32H,3-5,7-10,14,16H2,1-2H3. The van der Waals surface area contributed by atoms with E-state index in [-0.39, 0.29) is 30.3 Å². The van der Waals surface area contributed by atoms with E-state index in [1.54, 1.807) is 31.6 Å². The summed E-state index contributed by atoms with van der Waals surface area (Å²) >= 11 is 0. The number of benzene rings is 1. The zero-order chi connectivity index (χ0) is 25.3. The maximum Gasteiger partial charge on any atom is 0.317 e. The number of rotatable bonds is 8. The minimum Gasteiger partial charge on any atom is -0.508 e. The fraction of sp³-hybridized carbons (Fsp3) is 0.519. The van der Waals surface area contributed by atoms with Crippen LogP contribution >= 0.6 is 0 Å². The van der Waals surface area contributed by atoms with Crippen LogP contribution in [0, 0.1) is 11.8 Å². The molecule has 1 N–H and O–H groups in total. The van der Waals surface area contributed by atoms with Gasteiger partial charge in [0, 0.05) is 31.3 Å². The monoisotopic (exact) mass is 492 g/mol. The van der Waals surface area contributed by atoms with Crippen LogP contribution < -0.4 is 4.74 Å². The van der Waals surface area contributed by atoms with E-state index in [1.165, 1.54) is 4.52 Å². The highest BCUT2D eigenvalue weighted by molar-refractivity contribution is 6.01. The molecule has 36 heavy (non-hydrogen) atoms. The van der Waals surface area contributed by atoms with Gasteiger partial charge in [0.15, 0.2) is 11.6 Å². The summed E-state index contributed by atoms with van der Waals surface area (Å²) in [5.41, 5.74) is 0.952. The Hall–Kier alpha value is -3.49. The van der Waals surface area contributed by atoms with E-state index < -0.39 is 17.5 Å². The Kier molecular flexibility index (Phi) is 6.64. The number of Topliss-reactive ketones (excluding diaryl/α,β-unsaturated/α-hetero) is 1. The van der Waals surface area contributed by atoms with Crippen molar-refractivity contribution in [1.82, 2.24) is 19.6 Å². The van der Waals surface area contributed by atoms with Crippen molar-refractivity contribution in [1.29, 1.82) is 0 Å². The molecule has 0 radical (unpaired) electrons. The number of hydrogen-bond acceptors (Lipinski definition) is 8. The number of phenolic OH excluding ortho intramolecular Hbond substituents is 1. The minimum atomic E-state index is -0.910. The summed E-state index contributed by atoms with van der Waals surface area (Å²) in [6.45, 7) is 1.99.